The number of hydrogen-bond acceptors (Lipinski definition) is 2. The SMILES string of the molecule is C=CCNC(=O)[C@@H](Cc1ccccc1)N(Cc1ccccc1)C(=O)C(C)C. The fourth-order valence-electron chi connectivity index (χ4n) is 2.93. The van der Waals surface area contributed by atoms with Gasteiger partial charge in [-0.15, -0.1) is 6.58 Å². The fourth-order valence-corrected chi connectivity index (χ4v) is 2.93. The highest BCUT2D eigenvalue weighted by molar-refractivity contribution is 5.88. The third-order valence-electron chi connectivity index (χ3n) is 4.34. The molecule has 27 heavy (non-hydrogen) atoms. The number of rotatable bonds is 9. The van der Waals surface area contributed by atoms with Crippen LogP contribution in [-0.4, -0.2) is 29.3 Å². The Bertz CT molecular complexity index is 741. The van der Waals surface area contributed by atoms with Gasteiger partial charge in [0.15, 0.2) is 0 Å². The van der Waals surface area contributed by atoms with Crippen LogP contribution in [0.4, 0.5) is 0 Å². The van der Waals surface area contributed by atoms with Crippen molar-refractivity contribution in [2.45, 2.75) is 32.9 Å². The molecule has 0 aliphatic rings. The molecule has 2 aromatic carbocycles. The van der Waals surface area contributed by atoms with Crippen molar-refractivity contribution >= 4 is 11.8 Å². The molecule has 0 aromatic heterocycles. The smallest absolute Gasteiger partial charge is 0.243 e. The summed E-state index contributed by atoms with van der Waals surface area (Å²) in [5.41, 5.74) is 2.02. The van der Waals surface area contributed by atoms with Gasteiger partial charge in [0.2, 0.25) is 11.8 Å². The van der Waals surface area contributed by atoms with Crippen LogP contribution in [-0.2, 0) is 22.6 Å². The highest BCUT2D eigenvalue weighted by Crippen LogP contribution is 2.17. The van der Waals surface area contributed by atoms with Crippen LogP contribution < -0.4 is 5.32 Å². The monoisotopic (exact) mass is 364 g/mol. The first-order valence-corrected chi connectivity index (χ1v) is 9.30. The Morgan fingerprint density at radius 1 is 1.00 bits per heavy atom. The van der Waals surface area contributed by atoms with E-state index in [9.17, 15) is 9.59 Å². The van der Waals surface area contributed by atoms with Gasteiger partial charge in [0.1, 0.15) is 6.04 Å². The lowest BCUT2D eigenvalue weighted by atomic mass is 10.0. The predicted octanol–water partition coefficient (Wildman–Crippen LogP) is 3.58. The van der Waals surface area contributed by atoms with Crippen molar-refractivity contribution in [3.63, 3.8) is 0 Å². The van der Waals surface area contributed by atoms with Crippen molar-refractivity contribution in [2.24, 2.45) is 5.92 Å². The molecular weight excluding hydrogens is 336 g/mol. The standard InChI is InChI=1S/C23H28N2O2/c1-4-15-24-22(26)21(16-19-11-7-5-8-12-19)25(23(27)18(2)3)17-20-13-9-6-10-14-20/h4-14,18,21H,1,15-17H2,2-3H3,(H,24,26)/t21-/m1/s1. The molecule has 0 saturated heterocycles. The Morgan fingerprint density at radius 2 is 1.56 bits per heavy atom. The minimum absolute atomic E-state index is 0.0338. The van der Waals surface area contributed by atoms with Crippen molar-refractivity contribution in [1.82, 2.24) is 10.2 Å². The summed E-state index contributed by atoms with van der Waals surface area (Å²) in [5, 5.41) is 2.86. The second-order valence-electron chi connectivity index (χ2n) is 6.85. The van der Waals surface area contributed by atoms with E-state index in [2.05, 4.69) is 11.9 Å². The normalized spacial score (nSPS) is 11.7. The summed E-state index contributed by atoms with van der Waals surface area (Å²) in [4.78, 5) is 27.6. The third-order valence-corrected chi connectivity index (χ3v) is 4.34. The zero-order valence-corrected chi connectivity index (χ0v) is 16.1. The second kappa shape index (κ2) is 10.3. The largest absolute Gasteiger partial charge is 0.351 e. The van der Waals surface area contributed by atoms with Crippen molar-refractivity contribution in [3.05, 3.63) is 84.4 Å². The first-order valence-electron chi connectivity index (χ1n) is 9.30. The minimum Gasteiger partial charge on any atom is -0.351 e. The zero-order valence-electron chi connectivity index (χ0n) is 16.1. The van der Waals surface area contributed by atoms with E-state index in [1.54, 1.807) is 11.0 Å². The number of carbonyl (C=O) groups is 2. The molecule has 2 aromatic rings. The van der Waals surface area contributed by atoms with Crippen LogP contribution in [0.5, 0.6) is 0 Å². The molecule has 4 nitrogen and oxygen atoms in total. The van der Waals surface area contributed by atoms with Crippen LogP contribution in [0, 0.1) is 5.92 Å². The Hall–Kier alpha value is -2.88. The van der Waals surface area contributed by atoms with E-state index in [1.165, 1.54) is 0 Å². The van der Waals surface area contributed by atoms with E-state index in [0.29, 0.717) is 19.5 Å². The molecule has 142 valence electrons. The van der Waals surface area contributed by atoms with Gasteiger partial charge in [0.05, 0.1) is 0 Å². The van der Waals surface area contributed by atoms with Crippen LogP contribution in [0.2, 0.25) is 0 Å². The molecule has 2 amide bonds. The van der Waals surface area contributed by atoms with Crippen LogP contribution in [0.15, 0.2) is 73.3 Å². The van der Waals surface area contributed by atoms with Gasteiger partial charge in [0, 0.05) is 25.4 Å². The van der Waals surface area contributed by atoms with Gasteiger partial charge in [-0.1, -0.05) is 80.6 Å². The lowest BCUT2D eigenvalue weighted by Crippen LogP contribution is -2.51. The number of nitrogens with one attached hydrogen (secondary N) is 1. The Kier molecular flexibility index (Phi) is 7.80. The molecule has 1 N–H and O–H groups in total. The summed E-state index contributed by atoms with van der Waals surface area (Å²) in [6.07, 6.45) is 2.11. The van der Waals surface area contributed by atoms with E-state index < -0.39 is 6.04 Å². The van der Waals surface area contributed by atoms with Gasteiger partial charge >= 0.3 is 0 Å². The van der Waals surface area contributed by atoms with E-state index in [0.717, 1.165) is 11.1 Å². The van der Waals surface area contributed by atoms with Crippen molar-refractivity contribution in [3.8, 4) is 0 Å². The highest BCUT2D eigenvalue weighted by Gasteiger charge is 2.31. The van der Waals surface area contributed by atoms with Gasteiger partial charge < -0.3 is 10.2 Å². The summed E-state index contributed by atoms with van der Waals surface area (Å²) >= 11 is 0. The van der Waals surface area contributed by atoms with E-state index >= 15 is 0 Å². The molecule has 0 fully saturated rings. The summed E-state index contributed by atoms with van der Waals surface area (Å²) in [7, 11) is 0. The number of nitrogens with zero attached hydrogens (tertiary/aromatic N) is 1. The average Bonchev–Trinajstić information content (AvgIpc) is 2.69. The number of hydrogen-bond donors (Lipinski definition) is 1. The van der Waals surface area contributed by atoms with Crippen molar-refractivity contribution in [1.29, 1.82) is 0 Å². The van der Waals surface area contributed by atoms with Crippen LogP contribution in [0.1, 0.15) is 25.0 Å². The Balaban J connectivity index is 2.35. The van der Waals surface area contributed by atoms with E-state index in [4.69, 9.17) is 0 Å². The molecule has 0 saturated carbocycles. The van der Waals surface area contributed by atoms with Crippen molar-refractivity contribution < 1.29 is 9.59 Å². The molecule has 2 rings (SSSR count). The average molecular weight is 364 g/mol. The maximum absolute atomic E-state index is 13.0. The lowest BCUT2D eigenvalue weighted by Gasteiger charge is -2.32. The number of amides is 2. The second-order valence-corrected chi connectivity index (χ2v) is 6.85. The van der Waals surface area contributed by atoms with E-state index in [-0.39, 0.29) is 17.7 Å². The molecule has 0 radical (unpaired) electrons. The lowest BCUT2D eigenvalue weighted by molar-refractivity contribution is -0.143. The predicted molar refractivity (Wildman–Crippen MR) is 109 cm³/mol. The fraction of sp³-hybridized carbons (Fsp3) is 0.304. The minimum atomic E-state index is -0.581. The van der Waals surface area contributed by atoms with E-state index in [1.807, 2.05) is 74.5 Å². The van der Waals surface area contributed by atoms with Crippen LogP contribution in [0.25, 0.3) is 0 Å². The maximum atomic E-state index is 13.0. The van der Waals surface area contributed by atoms with Gasteiger partial charge in [0.25, 0.3) is 0 Å². The van der Waals surface area contributed by atoms with Gasteiger partial charge in [-0.2, -0.15) is 0 Å². The summed E-state index contributed by atoms with van der Waals surface area (Å²) in [6, 6.07) is 19.0. The van der Waals surface area contributed by atoms with Gasteiger partial charge in [-0.05, 0) is 11.1 Å². The van der Waals surface area contributed by atoms with Crippen molar-refractivity contribution in [2.75, 3.05) is 6.54 Å². The molecule has 0 aliphatic carbocycles. The Morgan fingerprint density at radius 3 is 2.07 bits per heavy atom. The first-order chi connectivity index (χ1) is 13.0. The molecule has 0 heterocycles. The molecule has 0 spiro atoms. The third kappa shape index (κ3) is 6.10. The summed E-state index contributed by atoms with van der Waals surface area (Å²) < 4.78 is 0. The summed E-state index contributed by atoms with van der Waals surface area (Å²) in [5.74, 6) is -0.392. The molecule has 0 aliphatic heterocycles. The molecule has 0 bridgehead atoms. The van der Waals surface area contributed by atoms with Gasteiger partial charge in [-0.25, -0.2) is 0 Å². The number of benzene rings is 2. The molecule has 1 atom stereocenters. The first kappa shape index (κ1) is 20.4. The zero-order chi connectivity index (χ0) is 19.6. The van der Waals surface area contributed by atoms with Crippen LogP contribution in [0.3, 0.4) is 0 Å². The Labute approximate surface area is 161 Å². The molecular formula is C23H28N2O2. The van der Waals surface area contributed by atoms with Crippen LogP contribution >= 0.6 is 0 Å². The topological polar surface area (TPSA) is 49.4 Å². The van der Waals surface area contributed by atoms with Gasteiger partial charge in [-0.3, -0.25) is 9.59 Å². The number of carbonyl (C=O) groups excluding carboxylic acids is 2. The maximum Gasteiger partial charge on any atom is 0.243 e. The molecule has 4 heteroatoms. The molecule has 0 unspecified atom stereocenters. The quantitative estimate of drug-likeness (QED) is 0.692. The summed E-state index contributed by atoms with van der Waals surface area (Å²) in [6.45, 7) is 8.16. The highest BCUT2D eigenvalue weighted by atomic mass is 16.2.